The van der Waals surface area contributed by atoms with E-state index in [0.29, 0.717) is 22.6 Å². The van der Waals surface area contributed by atoms with Crippen LogP contribution in [-0.4, -0.2) is 36.0 Å². The minimum Gasteiger partial charge on any atom is -0.507 e. The molecule has 0 saturated carbocycles. The molecule has 2 heterocycles. The monoisotopic (exact) mass is 504 g/mol. The first-order valence-corrected chi connectivity index (χ1v) is 11.8. The Hall–Kier alpha value is -4.24. The summed E-state index contributed by atoms with van der Waals surface area (Å²) in [6, 6.07) is 14.8. The van der Waals surface area contributed by atoms with E-state index in [9.17, 15) is 14.7 Å². The lowest BCUT2D eigenvalue weighted by Gasteiger charge is -2.23. The van der Waals surface area contributed by atoms with E-state index < -0.39 is 29.3 Å². The molecule has 182 valence electrons. The number of amides is 1. The number of fused-ring (bicyclic) bond motifs is 1. The largest absolute Gasteiger partial charge is 0.507 e. The summed E-state index contributed by atoms with van der Waals surface area (Å²) in [6.45, 7) is 1.79. The van der Waals surface area contributed by atoms with Crippen molar-refractivity contribution in [2.75, 3.05) is 19.1 Å². The Morgan fingerprint density at radius 1 is 1.06 bits per heavy atom. The summed E-state index contributed by atoms with van der Waals surface area (Å²) in [4.78, 5) is 32.4. The number of aliphatic hydroxyl groups is 1. The molecule has 9 heteroatoms. The molecule has 1 atom stereocenters. The molecule has 1 amide bonds. The number of nitrogens with zero attached hydrogens (tertiary/aromatic N) is 2. The standard InChI is InChI=1S/C27H21FN2O5S/c1-14-12-15(8-11-20(14)35-3)24(31)22-23(17-6-4-5-7-18(17)28)30(26(33)25(22)32)27-29-19-10-9-16(34-2)13-21(19)36-27/h4-13,23,31H,1-3H3/b24-22+/t23-/m0/s1. The molecule has 1 aliphatic rings. The second-order valence-electron chi connectivity index (χ2n) is 8.21. The highest BCUT2D eigenvalue weighted by molar-refractivity contribution is 7.22. The van der Waals surface area contributed by atoms with E-state index in [2.05, 4.69) is 4.98 Å². The first kappa shape index (κ1) is 23.5. The zero-order chi connectivity index (χ0) is 25.6. The summed E-state index contributed by atoms with van der Waals surface area (Å²) < 4.78 is 26.4. The number of Topliss-reactive ketones (excluding diaryl/α,β-unsaturated/α-hetero) is 1. The number of aliphatic hydroxyl groups excluding tert-OH is 1. The fourth-order valence-electron chi connectivity index (χ4n) is 4.32. The molecule has 3 aromatic carbocycles. The van der Waals surface area contributed by atoms with Gasteiger partial charge in [0.05, 0.1) is 30.0 Å². The Kier molecular flexibility index (Phi) is 5.93. The van der Waals surface area contributed by atoms with Gasteiger partial charge in [-0.1, -0.05) is 29.5 Å². The van der Waals surface area contributed by atoms with Crippen LogP contribution in [0.5, 0.6) is 11.5 Å². The Morgan fingerprint density at radius 3 is 2.53 bits per heavy atom. The third-order valence-corrected chi connectivity index (χ3v) is 7.12. The molecule has 7 nitrogen and oxygen atoms in total. The van der Waals surface area contributed by atoms with Crippen LogP contribution in [0.3, 0.4) is 0 Å². The maximum absolute atomic E-state index is 15.1. The molecule has 0 unspecified atom stereocenters. The number of hydrogen-bond acceptors (Lipinski definition) is 7. The number of ether oxygens (including phenoxy) is 2. The van der Waals surface area contributed by atoms with E-state index in [0.717, 1.165) is 15.2 Å². The molecular formula is C27H21FN2O5S. The summed E-state index contributed by atoms with van der Waals surface area (Å²) >= 11 is 1.17. The Balaban J connectivity index is 1.73. The lowest BCUT2D eigenvalue weighted by molar-refractivity contribution is -0.132. The van der Waals surface area contributed by atoms with Gasteiger partial charge in [0.2, 0.25) is 0 Å². The molecule has 0 radical (unpaired) electrons. The normalized spacial score (nSPS) is 17.1. The van der Waals surface area contributed by atoms with Crippen molar-refractivity contribution in [3.05, 3.63) is 88.7 Å². The van der Waals surface area contributed by atoms with Crippen LogP contribution in [0.2, 0.25) is 0 Å². The molecule has 1 N–H and O–H groups in total. The van der Waals surface area contributed by atoms with Crippen molar-refractivity contribution in [1.82, 2.24) is 4.98 Å². The number of aromatic nitrogens is 1. The maximum Gasteiger partial charge on any atom is 0.301 e. The molecule has 36 heavy (non-hydrogen) atoms. The Labute approximate surface area is 210 Å². The number of carbonyl (C=O) groups excluding carboxylic acids is 2. The summed E-state index contributed by atoms with van der Waals surface area (Å²) in [5.41, 5.74) is 1.47. The van der Waals surface area contributed by atoms with Crippen molar-refractivity contribution in [2.24, 2.45) is 0 Å². The highest BCUT2D eigenvalue weighted by Gasteiger charge is 2.49. The third-order valence-electron chi connectivity index (χ3n) is 6.10. The Bertz CT molecular complexity index is 1560. The number of aryl methyl sites for hydroxylation is 1. The van der Waals surface area contributed by atoms with Crippen LogP contribution < -0.4 is 14.4 Å². The first-order chi connectivity index (χ1) is 17.3. The maximum atomic E-state index is 15.1. The van der Waals surface area contributed by atoms with Crippen LogP contribution in [0.1, 0.15) is 22.7 Å². The zero-order valence-electron chi connectivity index (χ0n) is 19.6. The van der Waals surface area contributed by atoms with Crippen LogP contribution in [0, 0.1) is 12.7 Å². The number of rotatable bonds is 5. The van der Waals surface area contributed by atoms with Gasteiger partial charge in [-0.3, -0.25) is 14.5 Å². The molecule has 1 aromatic heterocycles. The highest BCUT2D eigenvalue weighted by Crippen LogP contribution is 2.45. The predicted molar refractivity (Wildman–Crippen MR) is 135 cm³/mol. The molecule has 0 spiro atoms. The van der Waals surface area contributed by atoms with Gasteiger partial charge in [-0.25, -0.2) is 9.37 Å². The van der Waals surface area contributed by atoms with Gasteiger partial charge in [-0.15, -0.1) is 0 Å². The fraction of sp³-hybridized carbons (Fsp3) is 0.148. The lowest BCUT2D eigenvalue weighted by atomic mass is 9.94. The molecule has 0 aliphatic carbocycles. The van der Waals surface area contributed by atoms with Crippen LogP contribution >= 0.6 is 11.3 Å². The van der Waals surface area contributed by atoms with Gasteiger partial charge in [0.1, 0.15) is 29.1 Å². The number of ketones is 1. The number of carbonyl (C=O) groups is 2. The highest BCUT2D eigenvalue weighted by atomic mass is 32.1. The van der Waals surface area contributed by atoms with E-state index in [1.165, 1.54) is 36.6 Å². The van der Waals surface area contributed by atoms with Crippen molar-refractivity contribution in [3.8, 4) is 11.5 Å². The van der Waals surface area contributed by atoms with E-state index in [1.807, 2.05) is 0 Å². The van der Waals surface area contributed by atoms with Crippen molar-refractivity contribution in [1.29, 1.82) is 0 Å². The SMILES string of the molecule is COc1ccc2nc(N3C(=O)C(=O)/C(=C(/O)c4ccc(OC)c(C)c4)[C@@H]3c3ccccc3F)sc2c1. The van der Waals surface area contributed by atoms with Crippen molar-refractivity contribution >= 4 is 44.1 Å². The lowest BCUT2D eigenvalue weighted by Crippen LogP contribution is -2.29. The summed E-state index contributed by atoms with van der Waals surface area (Å²) in [6.07, 6.45) is 0. The van der Waals surface area contributed by atoms with E-state index in [-0.39, 0.29) is 16.3 Å². The zero-order valence-corrected chi connectivity index (χ0v) is 20.4. The number of thiazole rings is 1. The van der Waals surface area contributed by atoms with Crippen LogP contribution in [0.4, 0.5) is 9.52 Å². The van der Waals surface area contributed by atoms with E-state index >= 15 is 4.39 Å². The second kappa shape index (κ2) is 9.09. The Morgan fingerprint density at radius 2 is 1.83 bits per heavy atom. The van der Waals surface area contributed by atoms with Gasteiger partial charge >= 0.3 is 5.91 Å². The molecule has 5 rings (SSSR count). The smallest absolute Gasteiger partial charge is 0.301 e. The average molecular weight is 505 g/mol. The first-order valence-electron chi connectivity index (χ1n) is 11.0. The minimum absolute atomic E-state index is 0.0697. The molecular weight excluding hydrogens is 483 g/mol. The number of methoxy groups -OCH3 is 2. The van der Waals surface area contributed by atoms with Gasteiger partial charge in [-0.2, -0.15) is 0 Å². The number of hydrogen-bond donors (Lipinski definition) is 1. The predicted octanol–water partition coefficient (Wildman–Crippen LogP) is 5.39. The molecule has 1 aliphatic heterocycles. The van der Waals surface area contributed by atoms with Crippen LogP contribution in [0.15, 0.2) is 66.2 Å². The average Bonchev–Trinajstić information content (AvgIpc) is 3.41. The number of halogens is 1. The number of benzene rings is 3. The number of anilines is 1. The van der Waals surface area contributed by atoms with E-state index in [1.54, 1.807) is 56.5 Å². The summed E-state index contributed by atoms with van der Waals surface area (Å²) in [7, 11) is 3.07. The minimum atomic E-state index is -1.21. The summed E-state index contributed by atoms with van der Waals surface area (Å²) in [5, 5.41) is 11.5. The summed E-state index contributed by atoms with van der Waals surface area (Å²) in [5.74, 6) is -1.64. The fourth-order valence-corrected chi connectivity index (χ4v) is 5.35. The van der Waals surface area contributed by atoms with Gasteiger partial charge < -0.3 is 14.6 Å². The second-order valence-corrected chi connectivity index (χ2v) is 9.21. The molecule has 1 fully saturated rings. The van der Waals surface area contributed by atoms with Gasteiger partial charge in [0.25, 0.3) is 5.78 Å². The van der Waals surface area contributed by atoms with Crippen molar-refractivity contribution in [3.63, 3.8) is 0 Å². The molecule has 4 aromatic rings. The molecule has 1 saturated heterocycles. The van der Waals surface area contributed by atoms with Gasteiger partial charge in [-0.05, 0) is 55.0 Å². The quantitative estimate of drug-likeness (QED) is 0.223. The van der Waals surface area contributed by atoms with E-state index in [4.69, 9.17) is 9.47 Å². The van der Waals surface area contributed by atoms with Crippen molar-refractivity contribution in [2.45, 2.75) is 13.0 Å². The van der Waals surface area contributed by atoms with Gasteiger partial charge in [0, 0.05) is 11.1 Å². The molecule has 0 bridgehead atoms. The van der Waals surface area contributed by atoms with Crippen molar-refractivity contribution < 1.29 is 28.6 Å². The topological polar surface area (TPSA) is 89.0 Å². The van der Waals surface area contributed by atoms with Crippen LogP contribution in [-0.2, 0) is 9.59 Å². The third kappa shape index (κ3) is 3.77. The van der Waals surface area contributed by atoms with Gasteiger partial charge in [0.15, 0.2) is 5.13 Å². The van der Waals surface area contributed by atoms with Crippen LogP contribution in [0.25, 0.3) is 16.0 Å².